The number of amides is 2. The Hall–Kier alpha value is -4.12. The molecule has 0 saturated heterocycles. The van der Waals surface area contributed by atoms with E-state index in [1.165, 1.54) is 23.0 Å². The zero-order valence-electron chi connectivity index (χ0n) is 20.8. The molecule has 9 nitrogen and oxygen atoms in total. The second kappa shape index (κ2) is 10.6. The number of carbonyl (C=O) groups is 3. The smallest absolute Gasteiger partial charge is 0.356 e. The van der Waals surface area contributed by atoms with Crippen LogP contribution in [0, 0.1) is 17.6 Å². The van der Waals surface area contributed by atoms with Gasteiger partial charge in [0.25, 0.3) is 0 Å². The molecule has 3 aromatic rings. The number of hydrogen-bond donors (Lipinski definition) is 2. The van der Waals surface area contributed by atoms with Gasteiger partial charge in [0.1, 0.15) is 11.6 Å². The normalized spacial score (nSPS) is 19.9. The SMILES string of the molecule is C[C@@H]1CCC[C@H](N2CCC(c3c(F)ccc(Cl)c3F)=CC2=O)c2cc(ccn2)-n2nc(C(=O)O)cc2NC1=O. The number of aromatic carboxylic acids is 1. The average Bonchev–Trinajstić information content (AvgIpc) is 3.33. The molecule has 202 valence electrons. The molecule has 0 saturated carbocycles. The van der Waals surface area contributed by atoms with Gasteiger partial charge in [-0.3, -0.25) is 14.6 Å². The van der Waals surface area contributed by atoms with Crippen molar-refractivity contribution in [1.82, 2.24) is 19.7 Å². The van der Waals surface area contributed by atoms with E-state index in [0.29, 0.717) is 30.6 Å². The Balaban J connectivity index is 1.54. The van der Waals surface area contributed by atoms with Gasteiger partial charge >= 0.3 is 5.97 Å². The second-order valence-corrected chi connectivity index (χ2v) is 9.98. The fraction of sp³-hybridized carbons (Fsp3) is 0.296. The first-order chi connectivity index (χ1) is 18.6. The van der Waals surface area contributed by atoms with Crippen LogP contribution in [0.15, 0.2) is 42.6 Å². The highest BCUT2D eigenvalue weighted by Gasteiger charge is 2.31. The lowest BCUT2D eigenvalue weighted by atomic mass is 9.94. The van der Waals surface area contributed by atoms with Gasteiger partial charge in [0.05, 0.1) is 28.0 Å². The van der Waals surface area contributed by atoms with Crippen molar-refractivity contribution in [3.05, 3.63) is 76.2 Å². The Morgan fingerprint density at radius 2 is 1.97 bits per heavy atom. The third-order valence-electron chi connectivity index (χ3n) is 7.04. The summed E-state index contributed by atoms with van der Waals surface area (Å²) in [6, 6.07) is 6.28. The van der Waals surface area contributed by atoms with Gasteiger partial charge in [-0.1, -0.05) is 24.9 Å². The fourth-order valence-electron chi connectivity index (χ4n) is 4.97. The zero-order chi connectivity index (χ0) is 27.8. The third kappa shape index (κ3) is 5.14. The van der Waals surface area contributed by atoms with Crippen molar-refractivity contribution in [1.29, 1.82) is 0 Å². The number of anilines is 1. The highest BCUT2D eigenvalue weighted by atomic mass is 35.5. The Bertz CT molecular complexity index is 1520. The van der Waals surface area contributed by atoms with Crippen LogP contribution in [0.4, 0.5) is 14.6 Å². The minimum atomic E-state index is -1.25. The molecule has 0 fully saturated rings. The maximum atomic E-state index is 14.6. The van der Waals surface area contributed by atoms with Crippen LogP contribution in [0.25, 0.3) is 11.3 Å². The molecule has 0 radical (unpaired) electrons. The molecule has 2 aromatic heterocycles. The van der Waals surface area contributed by atoms with Gasteiger partial charge in [-0.05, 0) is 49.1 Å². The third-order valence-corrected chi connectivity index (χ3v) is 7.33. The minimum Gasteiger partial charge on any atom is -0.476 e. The molecule has 4 heterocycles. The summed E-state index contributed by atoms with van der Waals surface area (Å²) in [5.41, 5.74) is 0.651. The molecule has 2 bridgehead atoms. The van der Waals surface area contributed by atoms with E-state index in [2.05, 4.69) is 15.4 Å². The molecule has 2 atom stereocenters. The molecule has 39 heavy (non-hydrogen) atoms. The maximum Gasteiger partial charge on any atom is 0.356 e. The lowest BCUT2D eigenvalue weighted by Crippen LogP contribution is -2.38. The van der Waals surface area contributed by atoms with Gasteiger partial charge in [-0.25, -0.2) is 18.3 Å². The molecule has 2 aliphatic rings. The molecule has 0 unspecified atom stereocenters. The van der Waals surface area contributed by atoms with Crippen LogP contribution >= 0.6 is 11.6 Å². The monoisotopic (exact) mass is 555 g/mol. The second-order valence-electron chi connectivity index (χ2n) is 9.58. The van der Waals surface area contributed by atoms with Crippen LogP contribution in [-0.4, -0.2) is 49.1 Å². The van der Waals surface area contributed by atoms with Crippen molar-refractivity contribution in [2.24, 2.45) is 5.92 Å². The van der Waals surface area contributed by atoms with Crippen LogP contribution < -0.4 is 5.32 Å². The predicted molar refractivity (Wildman–Crippen MR) is 138 cm³/mol. The van der Waals surface area contributed by atoms with Crippen LogP contribution in [0.2, 0.25) is 5.02 Å². The first-order valence-corrected chi connectivity index (χ1v) is 12.8. The van der Waals surface area contributed by atoms with Crippen LogP contribution in [0.5, 0.6) is 0 Å². The van der Waals surface area contributed by atoms with Crippen molar-refractivity contribution in [3.63, 3.8) is 0 Å². The molecule has 1 aromatic carbocycles. The number of pyridine rings is 1. The molecule has 2 amide bonds. The summed E-state index contributed by atoms with van der Waals surface area (Å²) in [5.74, 6) is -3.87. The number of hydrogen-bond acceptors (Lipinski definition) is 5. The molecule has 0 aliphatic carbocycles. The van der Waals surface area contributed by atoms with Gasteiger partial charge in [-0.15, -0.1) is 0 Å². The topological polar surface area (TPSA) is 117 Å². The van der Waals surface area contributed by atoms with Crippen LogP contribution in [0.1, 0.15) is 60.4 Å². The molecule has 5 rings (SSSR count). The van der Waals surface area contributed by atoms with Crippen molar-refractivity contribution in [2.75, 3.05) is 11.9 Å². The first-order valence-electron chi connectivity index (χ1n) is 12.4. The van der Waals surface area contributed by atoms with Crippen molar-refractivity contribution >= 4 is 40.8 Å². The minimum absolute atomic E-state index is 0.179. The lowest BCUT2D eigenvalue weighted by molar-refractivity contribution is -0.129. The van der Waals surface area contributed by atoms with E-state index in [-0.39, 0.29) is 46.5 Å². The average molecular weight is 556 g/mol. The highest BCUT2D eigenvalue weighted by Crippen LogP contribution is 2.36. The summed E-state index contributed by atoms with van der Waals surface area (Å²) in [5, 5.41) is 16.1. The summed E-state index contributed by atoms with van der Waals surface area (Å²) in [6.07, 6.45) is 4.51. The van der Waals surface area contributed by atoms with Crippen molar-refractivity contribution in [3.8, 4) is 5.69 Å². The summed E-state index contributed by atoms with van der Waals surface area (Å²) in [6.45, 7) is 1.94. The number of carbonyl (C=O) groups excluding carboxylic acids is 2. The number of rotatable bonds is 3. The number of carboxylic acid groups (broad SMARTS) is 1. The van der Waals surface area contributed by atoms with Gasteiger partial charge in [-0.2, -0.15) is 5.10 Å². The van der Waals surface area contributed by atoms with Crippen LogP contribution in [-0.2, 0) is 9.59 Å². The van der Waals surface area contributed by atoms with Gasteiger partial charge in [0.2, 0.25) is 11.8 Å². The van der Waals surface area contributed by atoms with Crippen molar-refractivity contribution in [2.45, 2.75) is 38.6 Å². The molecule has 2 N–H and O–H groups in total. The number of benzene rings is 1. The summed E-state index contributed by atoms with van der Waals surface area (Å²) in [4.78, 5) is 43.9. The highest BCUT2D eigenvalue weighted by molar-refractivity contribution is 6.31. The van der Waals surface area contributed by atoms with E-state index in [9.17, 15) is 28.3 Å². The van der Waals surface area contributed by atoms with E-state index in [1.54, 1.807) is 24.0 Å². The molecular formula is C27H24ClF2N5O4. The Morgan fingerprint density at radius 1 is 1.18 bits per heavy atom. The van der Waals surface area contributed by atoms with Gasteiger partial charge in [0, 0.05) is 30.8 Å². The standard InChI is InChI=1S/C27H24ClF2N5O4/c1-14-3-2-4-21(34-10-8-15(11-23(34)36)24-18(29)6-5-17(28)25(24)30)19-12-16(7-9-31-19)35-22(32-26(14)37)13-20(33-35)27(38)39/h5-7,9,11-14,21H,2-4,8,10H2,1H3,(H,32,37)(H,38,39)/t14-,21+/m1/s1. The lowest BCUT2D eigenvalue weighted by Gasteiger charge is -2.34. The number of fused-ring (bicyclic) bond motifs is 4. The number of aromatic nitrogens is 3. The van der Waals surface area contributed by atoms with Gasteiger partial charge < -0.3 is 15.3 Å². The van der Waals surface area contributed by atoms with E-state index >= 15 is 0 Å². The molecule has 12 heteroatoms. The maximum absolute atomic E-state index is 14.6. The first kappa shape index (κ1) is 26.5. The summed E-state index contributed by atoms with van der Waals surface area (Å²) >= 11 is 5.85. The zero-order valence-corrected chi connectivity index (χ0v) is 21.6. The van der Waals surface area contributed by atoms with Gasteiger partial charge in [0.15, 0.2) is 11.5 Å². The summed E-state index contributed by atoms with van der Waals surface area (Å²) in [7, 11) is 0. The Morgan fingerprint density at radius 3 is 2.72 bits per heavy atom. The number of nitrogens with one attached hydrogen (secondary N) is 1. The molecule has 2 aliphatic heterocycles. The number of halogens is 3. The van der Waals surface area contributed by atoms with E-state index in [0.717, 1.165) is 12.1 Å². The van der Waals surface area contributed by atoms with E-state index in [4.69, 9.17) is 11.6 Å². The quantitative estimate of drug-likeness (QED) is 0.439. The predicted octanol–water partition coefficient (Wildman–Crippen LogP) is 5.01. The Kier molecular flexibility index (Phi) is 7.17. The van der Waals surface area contributed by atoms with Crippen LogP contribution in [0.3, 0.4) is 0 Å². The Labute approximate surface area is 227 Å². The number of carboxylic acids is 1. The van der Waals surface area contributed by atoms with E-state index < -0.39 is 35.5 Å². The number of nitrogens with zero attached hydrogens (tertiary/aromatic N) is 4. The molecular weight excluding hydrogens is 532 g/mol. The van der Waals surface area contributed by atoms with E-state index in [1.807, 2.05) is 0 Å². The van der Waals surface area contributed by atoms with Crippen molar-refractivity contribution < 1.29 is 28.3 Å². The summed E-state index contributed by atoms with van der Waals surface area (Å²) < 4.78 is 30.4. The molecule has 0 spiro atoms. The fourth-order valence-corrected chi connectivity index (χ4v) is 5.12. The largest absolute Gasteiger partial charge is 0.476 e.